The molecule has 3 rings (SSSR count). The summed E-state index contributed by atoms with van der Waals surface area (Å²) in [6.07, 6.45) is 5.46. The van der Waals surface area contributed by atoms with Crippen molar-refractivity contribution >= 4 is 22.5 Å². The number of hydrogen-bond donors (Lipinski definition) is 1. The number of benzene rings is 2. The fourth-order valence-electron chi connectivity index (χ4n) is 2.96. The molecular formula is C18H19NO2. The van der Waals surface area contributed by atoms with Crippen molar-refractivity contribution in [3.05, 3.63) is 48.0 Å². The molecule has 1 aliphatic carbocycles. The van der Waals surface area contributed by atoms with Crippen molar-refractivity contribution in [2.45, 2.75) is 38.1 Å². The summed E-state index contributed by atoms with van der Waals surface area (Å²) in [6, 6.07) is 13.4. The topological polar surface area (TPSA) is 46.2 Å². The van der Waals surface area contributed by atoms with Crippen LogP contribution in [0.4, 0.5) is 0 Å². The third kappa shape index (κ3) is 3.13. The standard InChI is InChI=1S/C18H19NO2/c20-17(18(21)19-16-8-2-1-3-9-16)15-11-10-13-6-4-5-7-14(13)12-15/h4-7,10-12,16H,1-3,8-9H2,(H,19,21). The first-order valence-corrected chi connectivity index (χ1v) is 7.58. The highest BCUT2D eigenvalue weighted by Crippen LogP contribution is 2.18. The van der Waals surface area contributed by atoms with E-state index in [9.17, 15) is 9.59 Å². The van der Waals surface area contributed by atoms with Crippen LogP contribution < -0.4 is 5.32 Å². The lowest BCUT2D eigenvalue weighted by Gasteiger charge is -2.22. The van der Waals surface area contributed by atoms with Crippen LogP contribution in [0.5, 0.6) is 0 Å². The van der Waals surface area contributed by atoms with Gasteiger partial charge in [0.05, 0.1) is 0 Å². The molecule has 1 N–H and O–H groups in total. The van der Waals surface area contributed by atoms with Gasteiger partial charge in [0.25, 0.3) is 5.91 Å². The molecule has 0 radical (unpaired) electrons. The minimum absolute atomic E-state index is 0.163. The van der Waals surface area contributed by atoms with E-state index < -0.39 is 11.7 Å². The predicted molar refractivity (Wildman–Crippen MR) is 83.3 cm³/mol. The van der Waals surface area contributed by atoms with E-state index in [2.05, 4.69) is 5.32 Å². The lowest BCUT2D eigenvalue weighted by atomic mass is 9.95. The second kappa shape index (κ2) is 6.08. The van der Waals surface area contributed by atoms with Gasteiger partial charge >= 0.3 is 0 Å². The highest BCUT2D eigenvalue weighted by atomic mass is 16.2. The summed E-state index contributed by atoms with van der Waals surface area (Å²) in [5.41, 5.74) is 0.460. The summed E-state index contributed by atoms with van der Waals surface area (Å²) in [4.78, 5) is 24.3. The summed E-state index contributed by atoms with van der Waals surface area (Å²) in [7, 11) is 0. The van der Waals surface area contributed by atoms with Crippen molar-refractivity contribution in [3.63, 3.8) is 0 Å². The van der Waals surface area contributed by atoms with Crippen molar-refractivity contribution < 1.29 is 9.59 Å². The number of fused-ring (bicyclic) bond motifs is 1. The van der Waals surface area contributed by atoms with Gasteiger partial charge in [0.15, 0.2) is 0 Å². The quantitative estimate of drug-likeness (QED) is 0.691. The highest BCUT2D eigenvalue weighted by molar-refractivity contribution is 6.43. The Kier molecular flexibility index (Phi) is 4.00. The molecule has 0 saturated heterocycles. The van der Waals surface area contributed by atoms with Crippen molar-refractivity contribution in [3.8, 4) is 0 Å². The van der Waals surface area contributed by atoms with Crippen molar-refractivity contribution in [2.24, 2.45) is 0 Å². The molecule has 3 nitrogen and oxygen atoms in total. The number of rotatable bonds is 3. The number of hydrogen-bond acceptors (Lipinski definition) is 2. The van der Waals surface area contributed by atoms with Gasteiger partial charge in [0.1, 0.15) is 0 Å². The van der Waals surface area contributed by atoms with E-state index in [1.54, 1.807) is 12.1 Å². The first-order chi connectivity index (χ1) is 10.2. The second-order valence-electron chi connectivity index (χ2n) is 5.70. The monoisotopic (exact) mass is 281 g/mol. The van der Waals surface area contributed by atoms with Gasteiger partial charge in [-0.1, -0.05) is 55.7 Å². The fourth-order valence-corrected chi connectivity index (χ4v) is 2.96. The third-order valence-electron chi connectivity index (χ3n) is 4.16. The molecule has 0 unspecified atom stereocenters. The zero-order chi connectivity index (χ0) is 14.7. The van der Waals surface area contributed by atoms with E-state index in [-0.39, 0.29) is 6.04 Å². The van der Waals surface area contributed by atoms with Gasteiger partial charge in [0.2, 0.25) is 5.78 Å². The molecule has 2 aromatic rings. The van der Waals surface area contributed by atoms with Gasteiger partial charge in [0, 0.05) is 11.6 Å². The van der Waals surface area contributed by atoms with Gasteiger partial charge in [-0.15, -0.1) is 0 Å². The lowest BCUT2D eigenvalue weighted by Crippen LogP contribution is -2.40. The van der Waals surface area contributed by atoms with Crippen LogP contribution >= 0.6 is 0 Å². The van der Waals surface area contributed by atoms with E-state index in [1.165, 1.54) is 6.42 Å². The van der Waals surface area contributed by atoms with E-state index >= 15 is 0 Å². The number of carbonyl (C=O) groups is 2. The summed E-state index contributed by atoms with van der Waals surface area (Å²) >= 11 is 0. The number of carbonyl (C=O) groups excluding carboxylic acids is 2. The summed E-state index contributed by atoms with van der Waals surface area (Å²) in [5.74, 6) is -0.913. The molecule has 0 heterocycles. The predicted octanol–water partition coefficient (Wildman–Crippen LogP) is 3.47. The highest BCUT2D eigenvalue weighted by Gasteiger charge is 2.21. The average Bonchev–Trinajstić information content (AvgIpc) is 2.54. The molecule has 1 aliphatic rings. The van der Waals surface area contributed by atoms with Gasteiger partial charge in [-0.3, -0.25) is 9.59 Å². The van der Waals surface area contributed by atoms with Crippen LogP contribution in [0.1, 0.15) is 42.5 Å². The number of amides is 1. The largest absolute Gasteiger partial charge is 0.346 e. The van der Waals surface area contributed by atoms with Crippen molar-refractivity contribution in [1.29, 1.82) is 0 Å². The molecule has 108 valence electrons. The molecule has 2 aromatic carbocycles. The Bertz CT molecular complexity index is 672. The summed E-state index contributed by atoms with van der Waals surface area (Å²) in [5, 5.41) is 4.93. The van der Waals surface area contributed by atoms with Crippen LogP contribution in [0.2, 0.25) is 0 Å². The Morgan fingerprint density at radius 3 is 2.38 bits per heavy atom. The second-order valence-corrected chi connectivity index (χ2v) is 5.70. The number of Topliss-reactive ketones (excluding diaryl/α,β-unsaturated/α-hetero) is 1. The van der Waals surface area contributed by atoms with E-state index in [0.717, 1.165) is 36.5 Å². The minimum Gasteiger partial charge on any atom is -0.346 e. The van der Waals surface area contributed by atoms with Gasteiger partial charge < -0.3 is 5.32 Å². The first kappa shape index (κ1) is 13.8. The molecule has 0 spiro atoms. The normalized spacial score (nSPS) is 15.8. The Labute approximate surface area is 124 Å². The fraction of sp³-hybridized carbons (Fsp3) is 0.333. The Balaban J connectivity index is 1.74. The Hall–Kier alpha value is -2.16. The van der Waals surface area contributed by atoms with Crippen LogP contribution in [0.3, 0.4) is 0 Å². The summed E-state index contributed by atoms with van der Waals surface area (Å²) < 4.78 is 0. The Morgan fingerprint density at radius 1 is 0.905 bits per heavy atom. The smallest absolute Gasteiger partial charge is 0.292 e. The molecule has 3 heteroatoms. The molecule has 1 saturated carbocycles. The van der Waals surface area contributed by atoms with Crippen LogP contribution in [-0.4, -0.2) is 17.7 Å². The maximum atomic E-state index is 12.2. The van der Waals surface area contributed by atoms with Gasteiger partial charge in [-0.25, -0.2) is 0 Å². The molecule has 0 aromatic heterocycles. The van der Waals surface area contributed by atoms with Crippen LogP contribution in [0.25, 0.3) is 10.8 Å². The van der Waals surface area contributed by atoms with Crippen molar-refractivity contribution in [2.75, 3.05) is 0 Å². The molecule has 0 bridgehead atoms. The first-order valence-electron chi connectivity index (χ1n) is 7.58. The number of ketones is 1. The molecule has 1 amide bonds. The lowest BCUT2D eigenvalue weighted by molar-refractivity contribution is -0.117. The van der Waals surface area contributed by atoms with Crippen molar-refractivity contribution in [1.82, 2.24) is 5.32 Å². The number of nitrogens with one attached hydrogen (secondary N) is 1. The summed E-state index contributed by atoms with van der Waals surface area (Å²) in [6.45, 7) is 0. The molecule has 1 fully saturated rings. The van der Waals surface area contributed by atoms with E-state index in [0.29, 0.717) is 5.56 Å². The zero-order valence-corrected chi connectivity index (χ0v) is 12.0. The van der Waals surface area contributed by atoms with E-state index in [1.807, 2.05) is 30.3 Å². The molecule has 21 heavy (non-hydrogen) atoms. The van der Waals surface area contributed by atoms with Crippen LogP contribution in [0, 0.1) is 0 Å². The van der Waals surface area contributed by atoms with E-state index in [4.69, 9.17) is 0 Å². The Morgan fingerprint density at radius 2 is 1.62 bits per heavy atom. The molecule has 0 atom stereocenters. The SMILES string of the molecule is O=C(NC1CCCCC1)C(=O)c1ccc2ccccc2c1. The molecule has 0 aliphatic heterocycles. The van der Waals surface area contributed by atoms with Gasteiger partial charge in [-0.05, 0) is 29.7 Å². The molecular weight excluding hydrogens is 262 g/mol. The minimum atomic E-state index is -0.475. The average molecular weight is 281 g/mol. The van der Waals surface area contributed by atoms with Crippen LogP contribution in [-0.2, 0) is 4.79 Å². The van der Waals surface area contributed by atoms with Crippen LogP contribution in [0.15, 0.2) is 42.5 Å². The maximum absolute atomic E-state index is 12.2. The maximum Gasteiger partial charge on any atom is 0.292 e. The zero-order valence-electron chi connectivity index (χ0n) is 12.0. The third-order valence-corrected chi connectivity index (χ3v) is 4.16. The van der Waals surface area contributed by atoms with Gasteiger partial charge in [-0.2, -0.15) is 0 Å².